The van der Waals surface area contributed by atoms with Gasteiger partial charge in [0.15, 0.2) is 6.29 Å². The largest absolute Gasteiger partial charge is 0.392 e. The van der Waals surface area contributed by atoms with Crippen LogP contribution in [0.1, 0.15) is 0 Å². The predicted octanol–water partition coefficient (Wildman–Crippen LogP) is -3.14. The molecule has 118 valence electrons. The minimum atomic E-state index is -1.78. The van der Waals surface area contributed by atoms with E-state index in [4.69, 9.17) is 14.9 Å². The standard InChI is InChI=1S/C12H22O8/c13-5-1-3-8(15)10(17)7-20-12(19)11(18)9(16)4-2-6-14/h1-4,8-19H,5-7H2. The van der Waals surface area contributed by atoms with Gasteiger partial charge in [-0.15, -0.1) is 0 Å². The van der Waals surface area contributed by atoms with Gasteiger partial charge in [0.25, 0.3) is 0 Å². The molecule has 5 unspecified atom stereocenters. The van der Waals surface area contributed by atoms with Gasteiger partial charge in [0, 0.05) is 0 Å². The molecule has 5 atom stereocenters. The normalized spacial score (nSPS) is 20.1. The zero-order chi connectivity index (χ0) is 15.5. The Bertz CT molecular complexity index is 293. The summed E-state index contributed by atoms with van der Waals surface area (Å²) in [5, 5.41) is 64.0. The summed E-state index contributed by atoms with van der Waals surface area (Å²) in [4.78, 5) is 0. The maximum atomic E-state index is 9.46. The van der Waals surface area contributed by atoms with E-state index in [-0.39, 0.29) is 13.2 Å². The van der Waals surface area contributed by atoms with Crippen molar-refractivity contribution in [3.8, 4) is 0 Å². The Hall–Kier alpha value is -0.840. The van der Waals surface area contributed by atoms with Crippen LogP contribution in [0, 0.1) is 0 Å². The smallest absolute Gasteiger partial charge is 0.183 e. The molecule has 0 fully saturated rings. The third-order valence-corrected chi connectivity index (χ3v) is 2.35. The molecule has 0 spiro atoms. The van der Waals surface area contributed by atoms with E-state index in [2.05, 4.69) is 0 Å². The zero-order valence-electron chi connectivity index (χ0n) is 10.9. The third-order valence-electron chi connectivity index (χ3n) is 2.35. The second-order valence-electron chi connectivity index (χ2n) is 3.98. The van der Waals surface area contributed by atoms with Gasteiger partial charge in [-0.05, 0) is 0 Å². The highest BCUT2D eigenvalue weighted by Gasteiger charge is 2.25. The van der Waals surface area contributed by atoms with Crippen LogP contribution < -0.4 is 0 Å². The minimum absolute atomic E-state index is 0.296. The number of aliphatic hydroxyl groups excluding tert-OH is 7. The van der Waals surface area contributed by atoms with Crippen LogP contribution in [0.3, 0.4) is 0 Å². The molecule has 0 aromatic carbocycles. The van der Waals surface area contributed by atoms with Gasteiger partial charge in [-0.2, -0.15) is 0 Å². The molecule has 0 aromatic heterocycles. The van der Waals surface area contributed by atoms with E-state index < -0.39 is 37.3 Å². The lowest BCUT2D eigenvalue weighted by molar-refractivity contribution is -0.196. The topological polar surface area (TPSA) is 151 Å². The summed E-state index contributed by atoms with van der Waals surface area (Å²) in [6.07, 6.45) is -2.94. The van der Waals surface area contributed by atoms with Crippen LogP contribution in [0.5, 0.6) is 0 Å². The van der Waals surface area contributed by atoms with Crippen molar-refractivity contribution in [2.75, 3.05) is 19.8 Å². The highest BCUT2D eigenvalue weighted by Crippen LogP contribution is 2.06. The molecule has 0 saturated carbocycles. The van der Waals surface area contributed by atoms with Crippen molar-refractivity contribution in [2.24, 2.45) is 0 Å². The Kier molecular flexibility index (Phi) is 10.4. The van der Waals surface area contributed by atoms with E-state index in [1.165, 1.54) is 12.2 Å². The molecule has 7 N–H and O–H groups in total. The van der Waals surface area contributed by atoms with Gasteiger partial charge in [0.05, 0.1) is 19.8 Å². The van der Waals surface area contributed by atoms with Crippen molar-refractivity contribution < 1.29 is 40.5 Å². The van der Waals surface area contributed by atoms with Crippen LogP contribution in [0.25, 0.3) is 0 Å². The molecule has 0 heterocycles. The van der Waals surface area contributed by atoms with E-state index in [1.807, 2.05) is 0 Å². The molecule has 0 rings (SSSR count). The van der Waals surface area contributed by atoms with Crippen LogP contribution in [-0.2, 0) is 4.74 Å². The maximum absolute atomic E-state index is 9.46. The van der Waals surface area contributed by atoms with Crippen molar-refractivity contribution in [3.63, 3.8) is 0 Å². The van der Waals surface area contributed by atoms with Crippen LogP contribution in [0.2, 0.25) is 0 Å². The fraction of sp³-hybridized carbons (Fsp3) is 0.667. The second kappa shape index (κ2) is 10.9. The fourth-order valence-electron chi connectivity index (χ4n) is 1.21. The summed E-state index contributed by atoms with van der Waals surface area (Å²) < 4.78 is 4.71. The molecular weight excluding hydrogens is 272 g/mol. The summed E-state index contributed by atoms with van der Waals surface area (Å²) in [5.41, 5.74) is 0. The summed E-state index contributed by atoms with van der Waals surface area (Å²) in [5.74, 6) is 0. The lowest BCUT2D eigenvalue weighted by Gasteiger charge is -2.23. The number of ether oxygens (including phenoxy) is 1. The summed E-state index contributed by atoms with van der Waals surface area (Å²) in [7, 11) is 0. The Morgan fingerprint density at radius 1 is 0.800 bits per heavy atom. The van der Waals surface area contributed by atoms with Gasteiger partial charge >= 0.3 is 0 Å². The number of hydrogen-bond donors (Lipinski definition) is 7. The summed E-state index contributed by atoms with van der Waals surface area (Å²) in [6, 6.07) is 0. The van der Waals surface area contributed by atoms with E-state index in [9.17, 15) is 25.5 Å². The van der Waals surface area contributed by atoms with Crippen molar-refractivity contribution in [1.29, 1.82) is 0 Å². The van der Waals surface area contributed by atoms with Crippen molar-refractivity contribution in [2.45, 2.75) is 30.7 Å². The molecule has 0 radical (unpaired) electrons. The molecule has 8 nitrogen and oxygen atoms in total. The molecule has 0 saturated heterocycles. The van der Waals surface area contributed by atoms with Gasteiger partial charge in [-0.1, -0.05) is 24.3 Å². The first kappa shape index (κ1) is 19.2. The molecule has 0 aliphatic carbocycles. The Morgan fingerprint density at radius 2 is 1.30 bits per heavy atom. The zero-order valence-corrected chi connectivity index (χ0v) is 10.9. The minimum Gasteiger partial charge on any atom is -0.392 e. The van der Waals surface area contributed by atoms with Gasteiger partial charge in [-0.3, -0.25) is 0 Å². The highest BCUT2D eigenvalue weighted by atomic mass is 16.6. The van der Waals surface area contributed by atoms with Gasteiger partial charge in [0.1, 0.15) is 24.4 Å². The SMILES string of the molecule is OCC=CC(O)C(O)COC(O)C(O)C(O)C=CCO. The Balaban J connectivity index is 4.16. The third kappa shape index (κ3) is 7.68. The first-order valence-corrected chi connectivity index (χ1v) is 6.01. The Labute approximate surface area is 116 Å². The molecule has 0 aliphatic heterocycles. The van der Waals surface area contributed by atoms with E-state index in [0.717, 1.165) is 12.2 Å². The molecular formula is C12H22O8. The molecule has 0 aromatic rings. The van der Waals surface area contributed by atoms with Crippen LogP contribution in [0.4, 0.5) is 0 Å². The summed E-state index contributed by atoms with van der Waals surface area (Å²) >= 11 is 0. The van der Waals surface area contributed by atoms with Crippen LogP contribution in [0.15, 0.2) is 24.3 Å². The maximum Gasteiger partial charge on any atom is 0.183 e. The van der Waals surface area contributed by atoms with E-state index >= 15 is 0 Å². The second-order valence-corrected chi connectivity index (χ2v) is 3.98. The number of rotatable bonds is 10. The van der Waals surface area contributed by atoms with E-state index in [1.54, 1.807) is 0 Å². The lowest BCUT2D eigenvalue weighted by atomic mass is 10.1. The van der Waals surface area contributed by atoms with Crippen LogP contribution in [-0.4, -0.2) is 86.3 Å². The van der Waals surface area contributed by atoms with Gasteiger partial charge < -0.3 is 40.5 Å². The van der Waals surface area contributed by atoms with Gasteiger partial charge in [0.2, 0.25) is 0 Å². The molecule has 20 heavy (non-hydrogen) atoms. The van der Waals surface area contributed by atoms with Gasteiger partial charge in [-0.25, -0.2) is 0 Å². The lowest BCUT2D eigenvalue weighted by Crippen LogP contribution is -2.40. The van der Waals surface area contributed by atoms with Crippen molar-refractivity contribution >= 4 is 0 Å². The molecule has 8 heteroatoms. The highest BCUT2D eigenvalue weighted by molar-refractivity contribution is 4.94. The monoisotopic (exact) mass is 294 g/mol. The molecule has 0 bridgehead atoms. The number of hydrogen-bond acceptors (Lipinski definition) is 8. The van der Waals surface area contributed by atoms with Crippen LogP contribution >= 0.6 is 0 Å². The fourth-order valence-corrected chi connectivity index (χ4v) is 1.21. The first-order valence-electron chi connectivity index (χ1n) is 6.01. The van der Waals surface area contributed by atoms with Crippen molar-refractivity contribution in [3.05, 3.63) is 24.3 Å². The molecule has 0 amide bonds. The Morgan fingerprint density at radius 3 is 1.80 bits per heavy atom. The predicted molar refractivity (Wildman–Crippen MR) is 68.4 cm³/mol. The average molecular weight is 294 g/mol. The first-order chi connectivity index (χ1) is 9.43. The average Bonchev–Trinajstić information content (AvgIpc) is 2.46. The van der Waals surface area contributed by atoms with E-state index in [0.29, 0.717) is 0 Å². The summed E-state index contributed by atoms with van der Waals surface area (Å²) in [6.45, 7) is -1.12. The molecule has 0 aliphatic rings. The van der Waals surface area contributed by atoms with Crippen molar-refractivity contribution in [1.82, 2.24) is 0 Å². The number of aliphatic hydroxyl groups is 7. The quantitative estimate of drug-likeness (QED) is 0.165.